The number of sulfonamides is 1. The molecule has 1 aromatic carbocycles. The van der Waals surface area contributed by atoms with Gasteiger partial charge in [-0.05, 0) is 24.6 Å². The minimum absolute atomic E-state index is 0.00116. The van der Waals surface area contributed by atoms with Gasteiger partial charge in [0, 0.05) is 19.5 Å². The number of aromatic carboxylic acids is 1. The first-order valence-corrected chi connectivity index (χ1v) is 8.09. The van der Waals surface area contributed by atoms with E-state index in [1.165, 1.54) is 19.1 Å². The van der Waals surface area contributed by atoms with Gasteiger partial charge in [0.1, 0.15) is 0 Å². The van der Waals surface area contributed by atoms with Gasteiger partial charge in [0.2, 0.25) is 10.0 Å². The molecule has 0 saturated carbocycles. The van der Waals surface area contributed by atoms with Crippen LogP contribution >= 0.6 is 11.6 Å². The van der Waals surface area contributed by atoms with E-state index in [0.29, 0.717) is 5.56 Å². The number of nitrogens with zero attached hydrogens (tertiary/aromatic N) is 2. The topological polar surface area (TPSA) is 98.5 Å². The number of hydrogen-bond acceptors (Lipinski definition) is 4. The molecular formula is C14H15ClN2O4S. The van der Waals surface area contributed by atoms with Gasteiger partial charge < -0.3 is 5.11 Å². The van der Waals surface area contributed by atoms with Crippen molar-refractivity contribution < 1.29 is 18.3 Å². The van der Waals surface area contributed by atoms with Crippen LogP contribution < -0.4 is 0 Å². The van der Waals surface area contributed by atoms with Crippen molar-refractivity contribution in [1.29, 1.82) is 5.26 Å². The molecule has 0 aliphatic heterocycles. The smallest absolute Gasteiger partial charge is 0.337 e. The van der Waals surface area contributed by atoms with Gasteiger partial charge in [-0.2, -0.15) is 9.57 Å². The summed E-state index contributed by atoms with van der Waals surface area (Å²) in [6.45, 7) is 5.03. The van der Waals surface area contributed by atoms with E-state index in [4.69, 9.17) is 22.0 Å². The van der Waals surface area contributed by atoms with Gasteiger partial charge in [-0.1, -0.05) is 17.7 Å². The Bertz CT molecular complexity index is 738. The lowest BCUT2D eigenvalue weighted by Gasteiger charge is -2.20. The zero-order chi connectivity index (χ0) is 16.9. The Morgan fingerprint density at radius 3 is 2.68 bits per heavy atom. The fraction of sp³-hybridized carbons (Fsp3) is 0.286. The molecule has 0 fully saturated rings. The SMILES string of the molecule is C=CCN(CCC#N)S(=O)(=O)c1cc(C)c(Cl)c(C(=O)O)c1. The fourth-order valence-electron chi connectivity index (χ4n) is 1.82. The molecule has 0 radical (unpaired) electrons. The molecular weight excluding hydrogens is 328 g/mol. The molecule has 0 atom stereocenters. The maximum absolute atomic E-state index is 12.6. The third-order valence-electron chi connectivity index (χ3n) is 2.90. The van der Waals surface area contributed by atoms with E-state index in [-0.39, 0.29) is 35.0 Å². The summed E-state index contributed by atoms with van der Waals surface area (Å²) in [6.07, 6.45) is 1.42. The van der Waals surface area contributed by atoms with E-state index < -0.39 is 16.0 Å². The Kier molecular flexibility index (Phi) is 6.11. The molecule has 1 N–H and O–H groups in total. The normalized spacial score (nSPS) is 11.2. The number of aryl methyl sites for hydroxylation is 1. The fourth-order valence-corrected chi connectivity index (χ4v) is 3.53. The number of halogens is 1. The first kappa shape index (κ1) is 18.2. The quantitative estimate of drug-likeness (QED) is 0.767. The average molecular weight is 343 g/mol. The van der Waals surface area contributed by atoms with Crippen molar-refractivity contribution in [1.82, 2.24) is 4.31 Å². The number of carboxylic acids is 1. The molecule has 118 valence electrons. The molecule has 0 aromatic heterocycles. The van der Waals surface area contributed by atoms with Crippen LogP contribution in [0.2, 0.25) is 5.02 Å². The van der Waals surface area contributed by atoms with E-state index in [1.807, 2.05) is 6.07 Å². The Morgan fingerprint density at radius 1 is 1.55 bits per heavy atom. The Balaban J connectivity index is 3.40. The maximum Gasteiger partial charge on any atom is 0.337 e. The lowest BCUT2D eigenvalue weighted by molar-refractivity contribution is 0.0696. The number of nitriles is 1. The lowest BCUT2D eigenvalue weighted by Crippen LogP contribution is -2.32. The highest BCUT2D eigenvalue weighted by molar-refractivity contribution is 7.89. The standard InChI is InChI=1S/C14H15ClN2O4S/c1-3-6-17(7-4-5-16)22(20,21)11-8-10(2)13(15)12(9-11)14(18)19/h3,8-9H,1,4,6-7H2,2H3,(H,18,19). The van der Waals surface area contributed by atoms with Gasteiger partial charge in [-0.3, -0.25) is 0 Å². The van der Waals surface area contributed by atoms with Crippen molar-refractivity contribution in [2.75, 3.05) is 13.1 Å². The molecule has 1 rings (SSSR count). The van der Waals surface area contributed by atoms with Crippen LogP contribution in [-0.2, 0) is 10.0 Å². The number of carboxylic acid groups (broad SMARTS) is 1. The predicted octanol–water partition coefficient (Wildman–Crippen LogP) is 2.44. The van der Waals surface area contributed by atoms with Crippen LogP contribution in [0.15, 0.2) is 29.7 Å². The third kappa shape index (κ3) is 3.85. The van der Waals surface area contributed by atoms with Crippen molar-refractivity contribution in [2.45, 2.75) is 18.2 Å². The van der Waals surface area contributed by atoms with Crippen molar-refractivity contribution in [3.63, 3.8) is 0 Å². The summed E-state index contributed by atoms with van der Waals surface area (Å²) in [5, 5.41) is 17.7. The molecule has 22 heavy (non-hydrogen) atoms. The molecule has 0 spiro atoms. The Morgan fingerprint density at radius 2 is 2.18 bits per heavy atom. The molecule has 1 aromatic rings. The summed E-state index contributed by atoms with van der Waals surface area (Å²) in [4.78, 5) is 11.0. The minimum Gasteiger partial charge on any atom is -0.478 e. The molecule has 8 heteroatoms. The average Bonchev–Trinajstić information content (AvgIpc) is 2.45. The first-order chi connectivity index (χ1) is 10.3. The molecule has 0 bridgehead atoms. The van der Waals surface area contributed by atoms with Crippen LogP contribution in [0.3, 0.4) is 0 Å². The first-order valence-electron chi connectivity index (χ1n) is 6.27. The van der Waals surface area contributed by atoms with Crippen molar-refractivity contribution >= 4 is 27.6 Å². The van der Waals surface area contributed by atoms with E-state index in [2.05, 4.69) is 6.58 Å². The summed E-state index contributed by atoms with van der Waals surface area (Å²) in [6, 6.07) is 4.21. The van der Waals surface area contributed by atoms with E-state index in [1.54, 1.807) is 0 Å². The molecule has 0 saturated heterocycles. The highest BCUT2D eigenvalue weighted by Gasteiger charge is 2.26. The largest absolute Gasteiger partial charge is 0.478 e. The van der Waals surface area contributed by atoms with E-state index >= 15 is 0 Å². The predicted molar refractivity (Wildman–Crippen MR) is 82.3 cm³/mol. The third-order valence-corrected chi connectivity index (χ3v) is 5.25. The summed E-state index contributed by atoms with van der Waals surface area (Å²) in [5.74, 6) is -1.31. The summed E-state index contributed by atoms with van der Waals surface area (Å²) in [7, 11) is -3.94. The van der Waals surface area contributed by atoms with Gasteiger partial charge >= 0.3 is 5.97 Å². The summed E-state index contributed by atoms with van der Waals surface area (Å²) in [5.41, 5.74) is 0.0676. The summed E-state index contributed by atoms with van der Waals surface area (Å²) >= 11 is 5.89. The summed E-state index contributed by atoms with van der Waals surface area (Å²) < 4.78 is 26.3. The van der Waals surface area contributed by atoms with Crippen LogP contribution in [0.25, 0.3) is 0 Å². The van der Waals surface area contributed by atoms with Crippen LogP contribution in [-0.4, -0.2) is 36.9 Å². The highest BCUT2D eigenvalue weighted by atomic mass is 35.5. The monoisotopic (exact) mass is 342 g/mol. The van der Waals surface area contributed by atoms with E-state index in [0.717, 1.165) is 10.4 Å². The van der Waals surface area contributed by atoms with Crippen molar-refractivity contribution in [3.05, 3.63) is 40.9 Å². The second-order valence-electron chi connectivity index (χ2n) is 4.47. The second kappa shape index (κ2) is 7.40. The van der Waals surface area contributed by atoms with Crippen molar-refractivity contribution in [2.24, 2.45) is 0 Å². The van der Waals surface area contributed by atoms with Crippen LogP contribution in [0.4, 0.5) is 0 Å². The zero-order valence-electron chi connectivity index (χ0n) is 11.9. The maximum atomic E-state index is 12.6. The Labute approximate surface area is 134 Å². The lowest BCUT2D eigenvalue weighted by atomic mass is 10.1. The number of benzene rings is 1. The molecule has 0 heterocycles. The Hall–Kier alpha value is -1.88. The van der Waals surface area contributed by atoms with Gasteiger partial charge in [-0.25, -0.2) is 13.2 Å². The zero-order valence-corrected chi connectivity index (χ0v) is 13.5. The van der Waals surface area contributed by atoms with Gasteiger partial charge in [0.15, 0.2) is 0 Å². The van der Waals surface area contributed by atoms with Gasteiger partial charge in [0.25, 0.3) is 0 Å². The van der Waals surface area contributed by atoms with E-state index in [9.17, 15) is 13.2 Å². The molecule has 0 aliphatic rings. The van der Waals surface area contributed by atoms with Crippen LogP contribution in [0.1, 0.15) is 22.3 Å². The minimum atomic E-state index is -3.94. The second-order valence-corrected chi connectivity index (χ2v) is 6.78. The highest BCUT2D eigenvalue weighted by Crippen LogP contribution is 2.27. The molecule has 0 amide bonds. The van der Waals surface area contributed by atoms with Crippen LogP contribution in [0.5, 0.6) is 0 Å². The number of carbonyl (C=O) groups is 1. The number of hydrogen-bond donors (Lipinski definition) is 1. The van der Waals surface area contributed by atoms with Gasteiger partial charge in [-0.15, -0.1) is 6.58 Å². The van der Waals surface area contributed by atoms with Crippen LogP contribution in [0, 0.1) is 18.3 Å². The van der Waals surface area contributed by atoms with Crippen molar-refractivity contribution in [3.8, 4) is 6.07 Å². The van der Waals surface area contributed by atoms with Gasteiger partial charge in [0.05, 0.1) is 21.6 Å². The molecule has 0 aliphatic carbocycles. The number of rotatable bonds is 7. The molecule has 6 nitrogen and oxygen atoms in total. The molecule has 0 unspecified atom stereocenters.